The number of hydrogen-bond donors (Lipinski definition) is 1. The number of thiophene rings is 1. The Morgan fingerprint density at radius 3 is 2.77 bits per heavy atom. The molecule has 1 N–H and O–H groups in total. The van der Waals surface area contributed by atoms with Crippen LogP contribution in [0, 0.1) is 17.6 Å². The average molecular weight is 506 g/mol. The Bertz CT molecular complexity index is 1170. The van der Waals surface area contributed by atoms with E-state index in [0.717, 1.165) is 38.7 Å². The van der Waals surface area contributed by atoms with Crippen molar-refractivity contribution >= 4 is 33.2 Å². The van der Waals surface area contributed by atoms with Gasteiger partial charge in [0.1, 0.15) is 11.5 Å². The zero-order valence-electron chi connectivity index (χ0n) is 17.1. The van der Waals surface area contributed by atoms with Crippen LogP contribution in [0.1, 0.15) is 60.6 Å². The highest BCUT2D eigenvalue weighted by atomic mass is 79.9. The molecule has 2 heterocycles. The molecule has 3 aromatic rings. The number of aromatic nitrogens is 2. The van der Waals surface area contributed by atoms with Crippen molar-refractivity contribution in [3.05, 3.63) is 56.5 Å². The summed E-state index contributed by atoms with van der Waals surface area (Å²) in [4.78, 5) is 14.2. The molecule has 0 spiro atoms. The maximum absolute atomic E-state index is 14.6. The van der Waals surface area contributed by atoms with Crippen molar-refractivity contribution in [3.8, 4) is 16.3 Å². The van der Waals surface area contributed by atoms with Gasteiger partial charge in [-0.05, 0) is 65.4 Å². The van der Waals surface area contributed by atoms with Crippen LogP contribution in [0.5, 0.6) is 0 Å². The van der Waals surface area contributed by atoms with Crippen molar-refractivity contribution < 1.29 is 13.6 Å². The number of nitrogens with one attached hydrogen (secondary N) is 1. The monoisotopic (exact) mass is 505 g/mol. The number of carbonyl (C=O) groups is 1. The van der Waals surface area contributed by atoms with Crippen molar-refractivity contribution in [2.24, 2.45) is 5.92 Å². The van der Waals surface area contributed by atoms with Crippen LogP contribution in [0.4, 0.5) is 8.78 Å². The summed E-state index contributed by atoms with van der Waals surface area (Å²) < 4.78 is 30.6. The van der Waals surface area contributed by atoms with E-state index in [1.807, 2.05) is 6.07 Å². The molecule has 1 aromatic carbocycles. The molecule has 0 radical (unpaired) electrons. The van der Waals surface area contributed by atoms with Crippen LogP contribution >= 0.6 is 27.3 Å². The van der Waals surface area contributed by atoms with Crippen molar-refractivity contribution in [1.82, 2.24) is 15.1 Å². The summed E-state index contributed by atoms with van der Waals surface area (Å²) in [5.74, 6) is -1.12. The van der Waals surface area contributed by atoms with Gasteiger partial charge < -0.3 is 5.32 Å². The van der Waals surface area contributed by atoms with Gasteiger partial charge in [0.05, 0.1) is 14.4 Å². The highest BCUT2D eigenvalue weighted by molar-refractivity contribution is 9.11. The smallest absolute Gasteiger partial charge is 0.272 e. The van der Waals surface area contributed by atoms with Gasteiger partial charge in [0.2, 0.25) is 0 Å². The fraction of sp³-hybridized carbons (Fsp3) is 0.391. The van der Waals surface area contributed by atoms with Gasteiger partial charge in [-0.1, -0.05) is 19.3 Å². The largest absolute Gasteiger partial charge is 0.348 e. The van der Waals surface area contributed by atoms with E-state index >= 15 is 0 Å². The van der Waals surface area contributed by atoms with Crippen molar-refractivity contribution in [3.63, 3.8) is 0 Å². The number of rotatable bonds is 4. The summed E-state index contributed by atoms with van der Waals surface area (Å²) in [6, 6.07) is 5.50. The van der Waals surface area contributed by atoms with E-state index in [-0.39, 0.29) is 17.6 Å². The molecule has 31 heavy (non-hydrogen) atoms. The van der Waals surface area contributed by atoms with Gasteiger partial charge in [-0.25, -0.2) is 13.5 Å². The molecule has 4 nitrogen and oxygen atoms in total. The van der Waals surface area contributed by atoms with E-state index in [0.29, 0.717) is 23.7 Å². The van der Waals surface area contributed by atoms with Gasteiger partial charge in [-0.15, -0.1) is 11.3 Å². The van der Waals surface area contributed by atoms with E-state index in [2.05, 4.69) is 33.3 Å². The first-order valence-corrected chi connectivity index (χ1v) is 12.2. The van der Waals surface area contributed by atoms with Crippen LogP contribution in [0.15, 0.2) is 28.1 Å². The number of halogens is 3. The Morgan fingerprint density at radius 1 is 1.26 bits per heavy atom. The molecule has 5 rings (SSSR count). The number of amides is 1. The first-order valence-electron chi connectivity index (χ1n) is 10.6. The fourth-order valence-corrected chi connectivity index (χ4v) is 6.53. The molecule has 2 aromatic heterocycles. The molecular weight excluding hydrogens is 484 g/mol. The Hall–Kier alpha value is -2.06. The maximum atomic E-state index is 14.6. The van der Waals surface area contributed by atoms with E-state index in [9.17, 15) is 13.6 Å². The van der Waals surface area contributed by atoms with E-state index in [1.54, 1.807) is 0 Å². The zero-order chi connectivity index (χ0) is 21.7. The number of benzene rings is 1. The van der Waals surface area contributed by atoms with Crippen LogP contribution in [-0.2, 0) is 6.42 Å². The predicted octanol–water partition coefficient (Wildman–Crippen LogP) is 6.24. The summed E-state index contributed by atoms with van der Waals surface area (Å²) >= 11 is 5.04. The molecule has 0 bridgehead atoms. The lowest BCUT2D eigenvalue weighted by molar-refractivity contribution is 0.0913. The van der Waals surface area contributed by atoms with Crippen LogP contribution in [0.25, 0.3) is 16.3 Å². The third-order valence-electron chi connectivity index (χ3n) is 6.41. The Labute approximate surface area is 191 Å². The summed E-state index contributed by atoms with van der Waals surface area (Å²) in [5.41, 5.74) is 3.04. The lowest BCUT2D eigenvalue weighted by Gasteiger charge is -2.28. The van der Waals surface area contributed by atoms with Gasteiger partial charge in [-0.3, -0.25) is 4.79 Å². The first kappa shape index (κ1) is 20.8. The molecule has 1 atom stereocenters. The van der Waals surface area contributed by atoms with E-state index in [4.69, 9.17) is 0 Å². The lowest BCUT2D eigenvalue weighted by Crippen LogP contribution is -2.39. The van der Waals surface area contributed by atoms with E-state index < -0.39 is 11.6 Å². The van der Waals surface area contributed by atoms with Crippen LogP contribution in [0.3, 0.4) is 0 Å². The molecule has 2 aliphatic carbocycles. The molecule has 1 fully saturated rings. The average Bonchev–Trinajstić information content (AvgIpc) is 3.38. The summed E-state index contributed by atoms with van der Waals surface area (Å²) in [5, 5.41) is 7.67. The number of carbonyl (C=O) groups excluding carboxylic acids is 1. The van der Waals surface area contributed by atoms with Crippen molar-refractivity contribution in [2.75, 3.05) is 0 Å². The second kappa shape index (κ2) is 8.13. The number of hydrogen-bond acceptors (Lipinski definition) is 3. The molecular formula is C23H22BrF2N3OS. The summed E-state index contributed by atoms with van der Waals surface area (Å²) in [7, 11) is 0. The highest BCUT2D eigenvalue weighted by Gasteiger charge is 2.34. The molecule has 8 heteroatoms. The standard InChI is InChI=1S/C23H22BrF2N3OS/c1-12(13-5-3-2-4-6-13)27-23(30)20-16-9-14-10-19(24)31-22(14)21(16)29(28-20)18-8-7-15(25)11-17(18)26/h7-8,10-13H,2-6,9H2,1H3,(H,27,30)/t12-/m1/s1. The second-order valence-corrected chi connectivity index (χ2v) is 10.9. The molecule has 2 aliphatic rings. The molecule has 1 amide bonds. The third-order valence-corrected chi connectivity index (χ3v) is 8.10. The Morgan fingerprint density at radius 2 is 2.03 bits per heavy atom. The van der Waals surface area contributed by atoms with Crippen LogP contribution < -0.4 is 5.32 Å². The molecule has 1 saturated carbocycles. The van der Waals surface area contributed by atoms with Gasteiger partial charge in [0.25, 0.3) is 5.91 Å². The summed E-state index contributed by atoms with van der Waals surface area (Å²) in [6.07, 6.45) is 6.48. The van der Waals surface area contributed by atoms with Gasteiger partial charge in [0, 0.05) is 24.1 Å². The van der Waals surface area contributed by atoms with Gasteiger partial charge in [0.15, 0.2) is 11.5 Å². The third kappa shape index (κ3) is 3.74. The molecule has 0 saturated heterocycles. The van der Waals surface area contributed by atoms with Crippen molar-refractivity contribution in [1.29, 1.82) is 0 Å². The normalized spacial score (nSPS) is 16.8. The fourth-order valence-electron chi connectivity index (χ4n) is 4.81. The SMILES string of the molecule is C[C@@H](NC(=O)c1nn(-c2ccc(F)cc2F)c2c1Cc1cc(Br)sc1-2)C1CCCCC1. The lowest BCUT2D eigenvalue weighted by atomic mass is 9.84. The molecule has 162 valence electrons. The van der Waals surface area contributed by atoms with Gasteiger partial charge >= 0.3 is 0 Å². The highest BCUT2D eigenvalue weighted by Crippen LogP contribution is 2.46. The Kier molecular flexibility index (Phi) is 5.46. The van der Waals surface area contributed by atoms with Crippen LogP contribution in [-0.4, -0.2) is 21.7 Å². The molecule has 0 unspecified atom stereocenters. The minimum atomic E-state index is -0.711. The van der Waals surface area contributed by atoms with Crippen LogP contribution in [0.2, 0.25) is 0 Å². The topological polar surface area (TPSA) is 46.9 Å². The minimum absolute atomic E-state index is 0.0563. The Balaban J connectivity index is 1.54. The first-order chi connectivity index (χ1) is 14.9. The van der Waals surface area contributed by atoms with Crippen molar-refractivity contribution in [2.45, 2.75) is 51.5 Å². The molecule has 0 aliphatic heterocycles. The number of nitrogens with zero attached hydrogens (tertiary/aromatic N) is 2. The van der Waals surface area contributed by atoms with Gasteiger partial charge in [-0.2, -0.15) is 5.10 Å². The zero-order valence-corrected chi connectivity index (χ0v) is 19.5. The minimum Gasteiger partial charge on any atom is -0.348 e. The second-order valence-electron chi connectivity index (χ2n) is 8.43. The maximum Gasteiger partial charge on any atom is 0.272 e. The number of fused-ring (bicyclic) bond motifs is 3. The van der Waals surface area contributed by atoms with E-state index in [1.165, 1.54) is 47.4 Å². The predicted molar refractivity (Wildman–Crippen MR) is 121 cm³/mol. The quantitative estimate of drug-likeness (QED) is 0.356. The summed E-state index contributed by atoms with van der Waals surface area (Å²) in [6.45, 7) is 2.05.